The van der Waals surface area contributed by atoms with E-state index >= 15 is 0 Å². The summed E-state index contributed by atoms with van der Waals surface area (Å²) in [5.74, 6) is -1.52. The molecule has 0 bridgehead atoms. The predicted molar refractivity (Wildman–Crippen MR) is 134 cm³/mol. The Morgan fingerprint density at radius 2 is 1.77 bits per heavy atom. The molecule has 1 amide bonds. The van der Waals surface area contributed by atoms with E-state index < -0.39 is 11.9 Å². The second-order valence-corrected chi connectivity index (χ2v) is 9.56. The molecule has 2 atom stereocenters. The van der Waals surface area contributed by atoms with Crippen molar-refractivity contribution < 1.29 is 29.3 Å². The van der Waals surface area contributed by atoms with Gasteiger partial charge in [-0.3, -0.25) is 19.3 Å². The van der Waals surface area contributed by atoms with Gasteiger partial charge >= 0.3 is 0 Å². The van der Waals surface area contributed by atoms with Crippen molar-refractivity contribution in [3.63, 3.8) is 0 Å². The number of carboxylic acid groups (broad SMARTS) is 2. The van der Waals surface area contributed by atoms with E-state index in [4.69, 9.17) is 30.3 Å². The number of ether oxygens (including phenoxy) is 1. The first-order valence-electron chi connectivity index (χ1n) is 11.7. The summed E-state index contributed by atoms with van der Waals surface area (Å²) in [6, 6.07) is 6.72. The Labute approximate surface area is 209 Å². The lowest BCUT2D eigenvalue weighted by Gasteiger charge is -2.35. The summed E-state index contributed by atoms with van der Waals surface area (Å²) in [5.41, 5.74) is 10.3. The Morgan fingerprint density at radius 1 is 1.11 bits per heavy atom. The minimum atomic E-state index is -0.833. The lowest BCUT2D eigenvalue weighted by atomic mass is 10.00. The number of aliphatic carboxylic acids is 2. The first kappa shape index (κ1) is 28.6. The van der Waals surface area contributed by atoms with Gasteiger partial charge in [-0.15, -0.1) is 11.3 Å². The summed E-state index contributed by atoms with van der Waals surface area (Å²) in [4.78, 5) is 37.7. The number of nitrogens with zero attached hydrogens (tertiary/aromatic N) is 2. The van der Waals surface area contributed by atoms with E-state index in [1.807, 2.05) is 17.6 Å². The van der Waals surface area contributed by atoms with Crippen LogP contribution in [0.15, 0.2) is 23.7 Å². The number of hydrogen-bond donors (Lipinski definition) is 4. The monoisotopic (exact) mass is 508 g/mol. The highest BCUT2D eigenvalue weighted by molar-refractivity contribution is 7.16. The summed E-state index contributed by atoms with van der Waals surface area (Å²) in [7, 11) is 0. The molecular formula is C24H36N4O6S. The minimum Gasteiger partial charge on any atom is -0.481 e. The van der Waals surface area contributed by atoms with E-state index in [0.29, 0.717) is 12.6 Å². The van der Waals surface area contributed by atoms with Gasteiger partial charge < -0.3 is 26.0 Å². The second-order valence-electron chi connectivity index (χ2n) is 8.71. The van der Waals surface area contributed by atoms with Gasteiger partial charge in [0.25, 0.3) is 11.9 Å². The molecule has 2 aromatic rings. The first-order valence-corrected chi connectivity index (χ1v) is 12.6. The van der Waals surface area contributed by atoms with Crippen molar-refractivity contribution in [2.75, 3.05) is 26.3 Å². The summed E-state index contributed by atoms with van der Waals surface area (Å²) in [6.07, 6.45) is 3.84. The van der Waals surface area contributed by atoms with Crippen LogP contribution in [0.3, 0.4) is 0 Å². The number of carbonyl (C=O) groups excluding carboxylic acids is 1. The minimum absolute atomic E-state index is 0.00191. The van der Waals surface area contributed by atoms with Crippen molar-refractivity contribution in [2.24, 2.45) is 11.7 Å². The highest BCUT2D eigenvalue weighted by atomic mass is 32.1. The van der Waals surface area contributed by atoms with Crippen LogP contribution in [-0.4, -0.2) is 76.3 Å². The van der Waals surface area contributed by atoms with Crippen LogP contribution in [0.5, 0.6) is 0 Å². The number of likely N-dealkylation sites (tertiary alicyclic amines) is 1. The topological polar surface area (TPSA) is 155 Å². The molecule has 194 valence electrons. The molecule has 0 radical (unpaired) electrons. The molecule has 2 aliphatic heterocycles. The summed E-state index contributed by atoms with van der Waals surface area (Å²) in [6.45, 7) is 6.03. The number of fused-ring (bicyclic) bond motifs is 1. The fraction of sp³-hybridized carbons (Fsp3) is 0.583. The number of amides is 1. The van der Waals surface area contributed by atoms with E-state index in [-0.39, 0.29) is 17.9 Å². The van der Waals surface area contributed by atoms with Gasteiger partial charge in [-0.25, -0.2) is 4.98 Å². The van der Waals surface area contributed by atoms with Crippen LogP contribution in [0.2, 0.25) is 0 Å². The van der Waals surface area contributed by atoms with E-state index in [1.54, 1.807) is 11.3 Å². The predicted octanol–water partition coefficient (Wildman–Crippen LogP) is 2.31. The third-order valence-corrected chi connectivity index (χ3v) is 6.70. The van der Waals surface area contributed by atoms with Gasteiger partial charge in [0.2, 0.25) is 5.91 Å². The number of benzene rings is 1. The van der Waals surface area contributed by atoms with Crippen molar-refractivity contribution in [3.05, 3.63) is 29.3 Å². The number of aromatic nitrogens is 1. The van der Waals surface area contributed by atoms with Crippen LogP contribution < -0.4 is 11.1 Å². The largest absolute Gasteiger partial charge is 0.481 e. The van der Waals surface area contributed by atoms with Crippen LogP contribution in [0, 0.1) is 5.92 Å². The van der Waals surface area contributed by atoms with Crippen molar-refractivity contribution in [1.82, 2.24) is 15.2 Å². The normalized spacial score (nSPS) is 21.0. The lowest BCUT2D eigenvalue weighted by molar-refractivity contribution is -0.135. The first-order chi connectivity index (χ1) is 16.7. The SMILES string of the molecule is CC(=O)O.CC(=O)O.N[C@H]1CC[C@@H](C(=O)NCc2cccc3ncsc23)CN(C2CCOCC2)C1. The van der Waals surface area contributed by atoms with Gasteiger partial charge in [0, 0.05) is 58.8 Å². The van der Waals surface area contributed by atoms with Gasteiger partial charge in [0.15, 0.2) is 0 Å². The van der Waals surface area contributed by atoms with E-state index in [1.165, 1.54) is 0 Å². The quantitative estimate of drug-likeness (QED) is 0.487. The molecular weight excluding hydrogens is 472 g/mol. The molecule has 3 heterocycles. The van der Waals surface area contributed by atoms with E-state index in [9.17, 15) is 4.79 Å². The molecule has 0 saturated carbocycles. The number of hydrogen-bond acceptors (Lipinski definition) is 8. The highest BCUT2D eigenvalue weighted by Gasteiger charge is 2.31. The number of nitrogens with two attached hydrogens (primary N) is 1. The van der Waals surface area contributed by atoms with Gasteiger partial charge in [-0.1, -0.05) is 12.1 Å². The molecule has 1 aromatic carbocycles. The maximum absolute atomic E-state index is 12.9. The van der Waals surface area contributed by atoms with Crippen LogP contribution in [-0.2, 0) is 25.7 Å². The molecule has 35 heavy (non-hydrogen) atoms. The van der Waals surface area contributed by atoms with Crippen LogP contribution >= 0.6 is 11.3 Å². The van der Waals surface area contributed by atoms with Crippen LogP contribution in [0.1, 0.15) is 45.1 Å². The van der Waals surface area contributed by atoms with Crippen LogP contribution in [0.4, 0.5) is 0 Å². The Balaban J connectivity index is 0.000000473. The summed E-state index contributed by atoms with van der Waals surface area (Å²) in [5, 5.41) is 18.0. The third kappa shape index (κ3) is 10.3. The smallest absolute Gasteiger partial charge is 0.300 e. The molecule has 2 fully saturated rings. The van der Waals surface area contributed by atoms with Gasteiger partial charge in [0.05, 0.1) is 21.6 Å². The van der Waals surface area contributed by atoms with Gasteiger partial charge in [-0.05, 0) is 37.3 Å². The molecule has 2 aliphatic rings. The van der Waals surface area contributed by atoms with Crippen molar-refractivity contribution in [2.45, 2.75) is 58.2 Å². The zero-order valence-electron chi connectivity index (χ0n) is 20.3. The molecule has 10 nitrogen and oxygen atoms in total. The van der Waals surface area contributed by atoms with Gasteiger partial charge in [0.1, 0.15) is 0 Å². The molecule has 1 aromatic heterocycles. The van der Waals surface area contributed by atoms with Crippen molar-refractivity contribution in [1.29, 1.82) is 0 Å². The summed E-state index contributed by atoms with van der Waals surface area (Å²) >= 11 is 1.62. The Kier molecular flexibility index (Phi) is 12.0. The number of carboxylic acids is 2. The number of carbonyl (C=O) groups is 3. The zero-order chi connectivity index (χ0) is 25.8. The Bertz CT molecular complexity index is 942. The molecule has 4 rings (SSSR count). The van der Waals surface area contributed by atoms with Gasteiger partial charge in [-0.2, -0.15) is 0 Å². The fourth-order valence-electron chi connectivity index (χ4n) is 4.23. The van der Waals surface area contributed by atoms with Crippen molar-refractivity contribution in [3.8, 4) is 0 Å². The maximum atomic E-state index is 12.9. The molecule has 0 unspecified atom stereocenters. The molecule has 2 saturated heterocycles. The fourth-order valence-corrected chi connectivity index (χ4v) is 5.03. The highest BCUT2D eigenvalue weighted by Crippen LogP contribution is 2.24. The van der Waals surface area contributed by atoms with E-state index in [2.05, 4.69) is 21.3 Å². The molecule has 11 heteroatoms. The number of thiazole rings is 1. The number of nitrogens with one attached hydrogen (secondary N) is 1. The standard InChI is InChI=1S/C20H28N4O2S.2C2H4O2/c21-16-5-4-15(11-24(12-16)17-6-8-26-9-7-17)20(25)22-10-14-2-1-3-18-19(14)27-13-23-18;2*1-2(3)4/h1-3,13,15-17H,4-12,21H2,(H,22,25);2*1H3,(H,3,4)/t15-,16+;;/m1../s1. The lowest BCUT2D eigenvalue weighted by Crippen LogP contribution is -2.47. The maximum Gasteiger partial charge on any atom is 0.300 e. The number of rotatable bonds is 4. The molecule has 0 spiro atoms. The van der Waals surface area contributed by atoms with Crippen LogP contribution in [0.25, 0.3) is 10.2 Å². The third-order valence-electron chi connectivity index (χ3n) is 5.78. The Morgan fingerprint density at radius 3 is 2.43 bits per heavy atom. The molecule has 0 aliphatic carbocycles. The zero-order valence-corrected chi connectivity index (χ0v) is 21.1. The average molecular weight is 509 g/mol. The molecule has 5 N–H and O–H groups in total. The summed E-state index contributed by atoms with van der Waals surface area (Å²) < 4.78 is 6.65. The van der Waals surface area contributed by atoms with E-state index in [0.717, 1.165) is 81.6 Å². The Hall–Kier alpha value is -2.60. The second kappa shape index (κ2) is 14.7. The van der Waals surface area contributed by atoms with Crippen molar-refractivity contribution >= 4 is 39.4 Å². The average Bonchev–Trinajstić information content (AvgIpc) is 3.20.